The van der Waals surface area contributed by atoms with Gasteiger partial charge in [-0.1, -0.05) is 11.6 Å². The second-order valence-electron chi connectivity index (χ2n) is 27.6. The van der Waals surface area contributed by atoms with Crippen LogP contribution in [-0.4, -0.2) is 194 Å². The lowest BCUT2D eigenvalue weighted by Gasteiger charge is -2.29. The third-order valence-corrected chi connectivity index (χ3v) is 16.9. The highest BCUT2D eigenvalue weighted by Crippen LogP contribution is 2.36. The summed E-state index contributed by atoms with van der Waals surface area (Å²) in [6.45, 7) is 34.0. The fraction of sp³-hybridized carbons (Fsp3) is 0.522. The predicted octanol–water partition coefficient (Wildman–Crippen LogP) is 10.3. The molecular formula is C69H90Cl3N19O11. The van der Waals surface area contributed by atoms with E-state index in [4.69, 9.17) is 83.2 Å². The number of carbonyl (C=O) groups excluding carboxylic acids is 5. The number of nitrogens with one attached hydrogen (secondary N) is 5. The molecule has 11 heterocycles. The first-order valence-electron chi connectivity index (χ1n) is 34.1. The second kappa shape index (κ2) is 33.6. The molecule has 13 rings (SSSR count). The Kier molecular flexibility index (Phi) is 25.0. The lowest BCUT2D eigenvalue weighted by Crippen LogP contribution is -2.38. The molecule has 0 atom stereocenters. The largest absolute Gasteiger partial charge is 0.444 e. The smallest absolute Gasteiger partial charge is 0.410 e. The maximum Gasteiger partial charge on any atom is 0.410 e. The number of rotatable bonds is 9. The molecule has 0 aliphatic carbocycles. The molecule has 7 amide bonds. The van der Waals surface area contributed by atoms with Crippen molar-refractivity contribution in [1.82, 2.24) is 70.5 Å². The second-order valence-corrected chi connectivity index (χ2v) is 28.6. The summed E-state index contributed by atoms with van der Waals surface area (Å²) >= 11 is 17.8. The van der Waals surface area contributed by atoms with Crippen molar-refractivity contribution < 1.29 is 52.4 Å². The highest BCUT2D eigenvalue weighted by Gasteiger charge is 2.37. The Hall–Kier alpha value is -8.78. The first kappa shape index (κ1) is 75.9. The predicted molar refractivity (Wildman–Crippen MR) is 386 cm³/mol. The first-order chi connectivity index (χ1) is 48.6. The fourth-order valence-electron chi connectivity index (χ4n) is 11.6. The summed E-state index contributed by atoms with van der Waals surface area (Å²) in [5.41, 5.74) is 8.71. The Balaban J connectivity index is 0.000000150. The Morgan fingerprint density at radius 3 is 1.17 bits per heavy atom. The van der Waals surface area contributed by atoms with Crippen LogP contribution in [0, 0.1) is 0 Å². The Morgan fingerprint density at radius 2 is 0.775 bits per heavy atom. The number of hydrogen-bond acceptors (Lipinski definition) is 23. The van der Waals surface area contributed by atoms with E-state index in [1.807, 2.05) is 125 Å². The maximum atomic E-state index is 12.7. The van der Waals surface area contributed by atoms with Crippen molar-refractivity contribution >= 4 is 94.0 Å². The van der Waals surface area contributed by atoms with Crippen LogP contribution in [-0.2, 0) is 80.8 Å². The van der Waals surface area contributed by atoms with Crippen LogP contribution in [0.4, 0.5) is 52.8 Å². The van der Waals surface area contributed by atoms with Gasteiger partial charge in [0.2, 0.25) is 10.6 Å². The van der Waals surface area contributed by atoms with Crippen LogP contribution in [0.5, 0.6) is 0 Å². The molecule has 548 valence electrons. The van der Waals surface area contributed by atoms with E-state index in [1.54, 1.807) is 9.80 Å². The number of amides is 7. The van der Waals surface area contributed by atoms with Gasteiger partial charge in [0.15, 0.2) is 11.6 Å². The van der Waals surface area contributed by atoms with E-state index in [-0.39, 0.29) is 40.0 Å². The van der Waals surface area contributed by atoms with Crippen LogP contribution >= 0.6 is 34.8 Å². The summed E-state index contributed by atoms with van der Waals surface area (Å²) in [6, 6.07) is 14.6. The lowest BCUT2D eigenvalue weighted by molar-refractivity contribution is 0.0231. The molecule has 30 nitrogen and oxygen atoms in total. The van der Waals surface area contributed by atoms with E-state index in [2.05, 4.69) is 61.2 Å². The number of ether oxygens (including phenoxy) is 6. The average Bonchev–Trinajstić information content (AvgIpc) is 1.59. The van der Waals surface area contributed by atoms with Gasteiger partial charge in [0.1, 0.15) is 39.4 Å². The number of benzene rings is 2. The van der Waals surface area contributed by atoms with E-state index in [1.165, 1.54) is 10.5 Å². The molecule has 7 aliphatic heterocycles. The SMILES string of the molecule is CC(C)(C)OC(=O)N1Cc2nc(Cl)nc(Cl)c2C1.CC(C)(C)OC(=O)N1Cc2nc(Cl)nc(N3CCOCC3)c2C1.CCNC(=O)Nc1ccc(-c2nc3c(c(N4CCOCC4)n2)CN(C(=O)OC(C)(C)C)C3)cc1.CCNC(=O)Nc1ccc(-c2nc3c(c(N4CCOCC4)n2)CNC3)cc1. The molecule has 33 heteroatoms. The molecule has 0 spiro atoms. The molecule has 5 N–H and O–H groups in total. The monoisotopic (exact) mass is 1470 g/mol. The van der Waals surface area contributed by atoms with E-state index in [0.717, 1.165) is 134 Å². The van der Waals surface area contributed by atoms with Gasteiger partial charge in [-0.05, 0) is 148 Å². The summed E-state index contributed by atoms with van der Waals surface area (Å²) in [4.78, 5) is 108. The fourth-order valence-corrected chi connectivity index (χ4v) is 12.3. The molecule has 7 aliphatic rings. The zero-order valence-corrected chi connectivity index (χ0v) is 61.8. The number of fused-ring (bicyclic) bond motifs is 4. The van der Waals surface area contributed by atoms with Gasteiger partial charge in [-0.3, -0.25) is 14.7 Å². The third-order valence-electron chi connectivity index (χ3n) is 16.2. The topological polar surface area (TPSA) is 323 Å². The zero-order valence-electron chi connectivity index (χ0n) is 59.6. The normalized spacial score (nSPS) is 16.1. The van der Waals surface area contributed by atoms with Crippen LogP contribution in [0.15, 0.2) is 48.5 Å². The van der Waals surface area contributed by atoms with Crippen molar-refractivity contribution in [3.8, 4) is 22.8 Å². The number of aromatic nitrogens is 8. The van der Waals surface area contributed by atoms with Gasteiger partial charge < -0.3 is 69.7 Å². The van der Waals surface area contributed by atoms with Gasteiger partial charge in [0.25, 0.3) is 0 Å². The van der Waals surface area contributed by atoms with E-state index >= 15 is 0 Å². The standard InChI is InChI=1S/C24H32N6O4.C19H24N6O2.C15H21ClN4O3.C11H13Cl2N3O2/c1-5-25-22(31)26-17-8-6-16(7-9-17)20-27-19-15-30(23(32)34-24(2,3)4)14-18(19)21(28-20)29-10-12-33-13-11-29;1-2-21-19(26)22-14-5-3-13(4-6-14)17-23-16-12-20-11-15(16)18(24-17)25-7-9-27-10-8-25;1-15(2,3)23-14(21)20-8-10-11(9-20)17-13(16)18-12(10)19-4-6-22-7-5-19;1-11(2,3)18-10(17)16-4-6-7(5-16)14-9(13)15-8(6)12/h6-9H,5,10-15H2,1-4H3,(H2,25,26,31);3-6,20H,2,7-12H2,1H3,(H2,21,22,26);4-9H2,1-3H3;4-5H2,1-3H3. The highest BCUT2D eigenvalue weighted by molar-refractivity contribution is 6.32. The summed E-state index contributed by atoms with van der Waals surface area (Å²) in [5, 5.41) is 15.0. The van der Waals surface area contributed by atoms with Crippen LogP contribution in [0.2, 0.25) is 15.7 Å². The number of hydrogen-bond donors (Lipinski definition) is 5. The molecule has 0 radical (unpaired) electrons. The number of anilines is 5. The molecular weight excluding hydrogens is 1380 g/mol. The molecule has 3 fully saturated rings. The van der Waals surface area contributed by atoms with Crippen molar-refractivity contribution in [3.63, 3.8) is 0 Å². The van der Waals surface area contributed by atoms with Crippen LogP contribution in [0.25, 0.3) is 22.8 Å². The zero-order chi connectivity index (χ0) is 73.0. The maximum absolute atomic E-state index is 12.7. The first-order valence-corrected chi connectivity index (χ1v) is 35.2. The summed E-state index contributed by atoms with van der Waals surface area (Å²) in [6.07, 6.45) is -1.10. The highest BCUT2D eigenvalue weighted by atomic mass is 35.5. The Morgan fingerprint density at radius 1 is 0.431 bits per heavy atom. The molecule has 0 unspecified atom stereocenters. The van der Waals surface area contributed by atoms with Crippen molar-refractivity contribution in [2.45, 2.75) is 145 Å². The van der Waals surface area contributed by atoms with E-state index in [0.29, 0.717) is 102 Å². The number of morpholine rings is 3. The molecule has 2 aromatic carbocycles. The Labute approximate surface area is 608 Å². The quantitative estimate of drug-likeness (QED) is 0.0510. The van der Waals surface area contributed by atoms with Crippen LogP contribution in [0.3, 0.4) is 0 Å². The van der Waals surface area contributed by atoms with Gasteiger partial charge in [-0.2, -0.15) is 0 Å². The van der Waals surface area contributed by atoms with Gasteiger partial charge in [-0.25, -0.2) is 63.8 Å². The average molecular weight is 1470 g/mol. The number of urea groups is 2. The van der Waals surface area contributed by atoms with Crippen molar-refractivity contribution in [1.29, 1.82) is 0 Å². The molecule has 4 aromatic heterocycles. The minimum Gasteiger partial charge on any atom is -0.444 e. The lowest BCUT2D eigenvalue weighted by atomic mass is 10.1. The number of halogens is 3. The molecule has 0 bridgehead atoms. The minimum atomic E-state index is -0.570. The summed E-state index contributed by atoms with van der Waals surface area (Å²) < 4.78 is 32.7. The van der Waals surface area contributed by atoms with Crippen molar-refractivity contribution in [3.05, 3.63) is 109 Å². The van der Waals surface area contributed by atoms with Crippen LogP contribution < -0.4 is 41.3 Å². The van der Waals surface area contributed by atoms with Crippen LogP contribution in [0.1, 0.15) is 121 Å². The number of carbonyl (C=O) groups is 5. The molecule has 0 saturated carbocycles. The molecule has 6 aromatic rings. The van der Waals surface area contributed by atoms with Gasteiger partial charge in [0, 0.05) is 110 Å². The summed E-state index contributed by atoms with van der Waals surface area (Å²) in [5.74, 6) is 3.93. The minimum absolute atomic E-state index is 0.0878. The summed E-state index contributed by atoms with van der Waals surface area (Å²) in [7, 11) is 0. The molecule has 3 saturated heterocycles. The van der Waals surface area contributed by atoms with E-state index in [9.17, 15) is 24.0 Å². The van der Waals surface area contributed by atoms with Gasteiger partial charge in [0.05, 0.1) is 102 Å². The number of nitrogens with zero attached hydrogens (tertiary/aromatic N) is 14. The molecule has 102 heavy (non-hydrogen) atoms. The van der Waals surface area contributed by atoms with Gasteiger partial charge in [-0.15, -0.1) is 0 Å². The van der Waals surface area contributed by atoms with Crippen molar-refractivity contribution in [2.75, 3.05) is 117 Å². The van der Waals surface area contributed by atoms with Crippen molar-refractivity contribution in [2.24, 2.45) is 0 Å². The van der Waals surface area contributed by atoms with E-state index < -0.39 is 22.9 Å². The third kappa shape index (κ3) is 20.5. The van der Waals surface area contributed by atoms with Gasteiger partial charge >= 0.3 is 30.3 Å². The Bertz CT molecular complexity index is 3970.